The van der Waals surface area contributed by atoms with Crippen molar-refractivity contribution < 1.29 is 19.1 Å². The predicted octanol–water partition coefficient (Wildman–Crippen LogP) is 4.48. The van der Waals surface area contributed by atoms with Gasteiger partial charge in [0.1, 0.15) is 10.8 Å². The molecule has 10 nitrogen and oxygen atoms in total. The number of anilines is 2. The molecule has 204 valence electrons. The van der Waals surface area contributed by atoms with Crippen LogP contribution in [0.3, 0.4) is 0 Å². The largest absolute Gasteiger partial charge is 0.501 e. The lowest BCUT2D eigenvalue weighted by Crippen LogP contribution is -2.18. The Morgan fingerprint density at radius 3 is 2.49 bits per heavy atom. The molecule has 0 saturated carbocycles. The van der Waals surface area contributed by atoms with Gasteiger partial charge in [0.15, 0.2) is 5.82 Å². The van der Waals surface area contributed by atoms with E-state index in [1.807, 2.05) is 48.6 Å². The van der Waals surface area contributed by atoms with E-state index in [-0.39, 0.29) is 17.7 Å². The molecule has 0 radical (unpaired) electrons. The number of carbonyl (C=O) groups is 2. The first-order valence-electron chi connectivity index (χ1n) is 12.8. The second-order valence-corrected chi connectivity index (χ2v) is 10.2. The number of nitrogens with zero attached hydrogens (tertiary/aromatic N) is 4. The monoisotopic (exact) mass is 548 g/mol. The van der Waals surface area contributed by atoms with Crippen molar-refractivity contribution in [1.82, 2.24) is 20.4 Å². The molecule has 0 aliphatic heterocycles. The fourth-order valence-electron chi connectivity index (χ4n) is 4.14. The molecule has 1 aromatic carbocycles. The smallest absolute Gasteiger partial charge is 0.229 e. The summed E-state index contributed by atoms with van der Waals surface area (Å²) in [6.45, 7) is 0. The molecule has 4 rings (SSSR count). The summed E-state index contributed by atoms with van der Waals surface area (Å²) >= 11 is 1.39. The summed E-state index contributed by atoms with van der Waals surface area (Å²) in [7, 11) is 3.21. The maximum Gasteiger partial charge on any atom is 0.229 e. The van der Waals surface area contributed by atoms with Crippen molar-refractivity contribution in [2.75, 3.05) is 24.9 Å². The van der Waals surface area contributed by atoms with Gasteiger partial charge < -0.3 is 20.1 Å². The number of amides is 2. The van der Waals surface area contributed by atoms with E-state index in [0.717, 1.165) is 47.7 Å². The number of benzene rings is 1. The van der Waals surface area contributed by atoms with E-state index >= 15 is 0 Å². The number of carbonyl (C=O) groups excluding carboxylic acids is 2. The van der Waals surface area contributed by atoms with Crippen LogP contribution in [0.4, 0.5) is 10.9 Å². The average Bonchev–Trinajstić information content (AvgIpc) is 3.39. The number of aryl methyl sites for hydroxylation is 2. The van der Waals surface area contributed by atoms with Gasteiger partial charge in [-0.2, -0.15) is 5.10 Å². The second kappa shape index (κ2) is 14.1. The predicted molar refractivity (Wildman–Crippen MR) is 149 cm³/mol. The topological polar surface area (TPSA) is 128 Å². The van der Waals surface area contributed by atoms with Gasteiger partial charge >= 0.3 is 0 Å². The molecule has 2 N–H and O–H groups in total. The van der Waals surface area contributed by atoms with E-state index in [9.17, 15) is 9.59 Å². The quantitative estimate of drug-likeness (QED) is 0.299. The van der Waals surface area contributed by atoms with E-state index in [1.54, 1.807) is 20.3 Å². The Morgan fingerprint density at radius 1 is 0.923 bits per heavy atom. The zero-order chi connectivity index (χ0) is 27.5. The number of unbranched alkanes of at least 4 members (excludes halogenated alkanes) is 1. The Morgan fingerprint density at radius 2 is 1.74 bits per heavy atom. The molecular weight excluding hydrogens is 516 g/mol. The summed E-state index contributed by atoms with van der Waals surface area (Å²) in [6.07, 6.45) is 8.35. The first kappa shape index (κ1) is 27.9. The fourth-order valence-corrected chi connectivity index (χ4v) is 4.94. The van der Waals surface area contributed by atoms with Gasteiger partial charge in [0.25, 0.3) is 0 Å². The van der Waals surface area contributed by atoms with Crippen LogP contribution in [0.2, 0.25) is 0 Å². The van der Waals surface area contributed by atoms with Crippen molar-refractivity contribution in [3.63, 3.8) is 0 Å². The number of allylic oxidation sites excluding steroid dienone is 3. The van der Waals surface area contributed by atoms with Gasteiger partial charge in [-0.1, -0.05) is 41.7 Å². The molecule has 0 spiro atoms. The van der Waals surface area contributed by atoms with Gasteiger partial charge in [-0.25, -0.2) is 0 Å². The maximum absolute atomic E-state index is 12.5. The zero-order valence-electron chi connectivity index (χ0n) is 22.1. The average molecular weight is 549 g/mol. The van der Waals surface area contributed by atoms with Crippen molar-refractivity contribution in [1.29, 1.82) is 0 Å². The van der Waals surface area contributed by atoms with Crippen LogP contribution in [-0.2, 0) is 38.3 Å². The van der Waals surface area contributed by atoms with Crippen LogP contribution in [-0.4, -0.2) is 46.4 Å². The molecule has 2 heterocycles. The standard InChI is InChI=1S/C28H32N6O4S/c1-37-22-14-20(15-23(18-22)38-2)17-26(36)30-28-34-33-27(39-28)11-7-6-10-21-12-13-24(32-31-21)29-25(35)16-19-8-4-3-5-9-19/h3-5,8-9,12-14,18,20H,6-7,10-11,15-17H2,1-2H3,(H,29,32,35)(H,30,34,36). The van der Waals surface area contributed by atoms with Crippen molar-refractivity contribution >= 4 is 34.1 Å². The van der Waals surface area contributed by atoms with Crippen LogP contribution >= 0.6 is 11.3 Å². The number of hydrogen-bond acceptors (Lipinski definition) is 9. The molecule has 1 aliphatic rings. The number of rotatable bonds is 13. The van der Waals surface area contributed by atoms with Gasteiger partial charge in [-0.05, 0) is 49.0 Å². The molecule has 1 unspecified atom stereocenters. The number of nitrogens with one attached hydrogen (secondary N) is 2. The molecule has 2 aromatic heterocycles. The van der Waals surface area contributed by atoms with Crippen molar-refractivity contribution in [2.45, 2.75) is 44.9 Å². The summed E-state index contributed by atoms with van der Waals surface area (Å²) in [5.74, 6) is 1.68. The van der Waals surface area contributed by atoms with Gasteiger partial charge in [-0.3, -0.25) is 9.59 Å². The number of methoxy groups -OCH3 is 2. The lowest BCUT2D eigenvalue weighted by atomic mass is 9.95. The number of ether oxygens (including phenoxy) is 2. The van der Waals surface area contributed by atoms with Gasteiger partial charge in [0, 0.05) is 25.3 Å². The highest BCUT2D eigenvalue weighted by Gasteiger charge is 2.20. The van der Waals surface area contributed by atoms with Crippen molar-refractivity contribution in [3.05, 3.63) is 82.4 Å². The highest BCUT2D eigenvalue weighted by Crippen LogP contribution is 2.27. The van der Waals surface area contributed by atoms with Crippen LogP contribution in [0.15, 0.2) is 66.1 Å². The van der Waals surface area contributed by atoms with Crippen molar-refractivity contribution in [2.24, 2.45) is 5.92 Å². The Bertz CT molecular complexity index is 1310. The SMILES string of the molecule is COC1=CC(CC(=O)Nc2nnc(CCCCc3ccc(NC(=O)Cc4ccccc4)nn3)s2)CC(OC)=C1. The Balaban J connectivity index is 1.14. The molecular formula is C28H32N6O4S. The fraction of sp³-hybridized carbons (Fsp3) is 0.357. The van der Waals surface area contributed by atoms with Gasteiger partial charge in [0.05, 0.1) is 32.1 Å². The maximum atomic E-state index is 12.5. The summed E-state index contributed by atoms with van der Waals surface area (Å²) in [4.78, 5) is 24.7. The molecule has 0 bridgehead atoms. The summed E-state index contributed by atoms with van der Waals surface area (Å²) in [5.41, 5.74) is 1.81. The third-order valence-electron chi connectivity index (χ3n) is 6.09. The summed E-state index contributed by atoms with van der Waals surface area (Å²) < 4.78 is 10.6. The summed E-state index contributed by atoms with van der Waals surface area (Å²) in [5, 5.41) is 23.7. The van der Waals surface area contributed by atoms with Crippen LogP contribution in [0.25, 0.3) is 0 Å². The molecule has 2 amide bonds. The van der Waals surface area contributed by atoms with Crippen LogP contribution in [0.1, 0.15) is 41.9 Å². The number of aromatic nitrogens is 4. The van der Waals surface area contributed by atoms with Crippen LogP contribution < -0.4 is 10.6 Å². The van der Waals surface area contributed by atoms with E-state index in [2.05, 4.69) is 31.0 Å². The molecule has 1 atom stereocenters. The molecule has 11 heteroatoms. The van der Waals surface area contributed by atoms with Gasteiger partial charge in [0.2, 0.25) is 16.9 Å². The minimum atomic E-state index is -0.126. The van der Waals surface area contributed by atoms with E-state index in [4.69, 9.17) is 9.47 Å². The Kier molecular flexibility index (Phi) is 10.1. The normalized spacial score (nSPS) is 14.7. The summed E-state index contributed by atoms with van der Waals surface area (Å²) in [6, 6.07) is 13.2. The number of hydrogen-bond donors (Lipinski definition) is 2. The van der Waals surface area contributed by atoms with Crippen LogP contribution in [0.5, 0.6) is 0 Å². The highest BCUT2D eigenvalue weighted by molar-refractivity contribution is 7.15. The first-order valence-corrected chi connectivity index (χ1v) is 13.6. The molecule has 1 aliphatic carbocycles. The molecule has 3 aromatic rings. The van der Waals surface area contributed by atoms with E-state index in [1.165, 1.54) is 11.3 Å². The minimum absolute atomic E-state index is 0.00462. The minimum Gasteiger partial charge on any atom is -0.501 e. The molecule has 39 heavy (non-hydrogen) atoms. The first-order chi connectivity index (χ1) is 19.0. The van der Waals surface area contributed by atoms with E-state index in [0.29, 0.717) is 36.0 Å². The molecule has 0 saturated heterocycles. The zero-order valence-corrected chi connectivity index (χ0v) is 22.9. The highest BCUT2D eigenvalue weighted by atomic mass is 32.1. The van der Waals surface area contributed by atoms with Crippen LogP contribution in [0, 0.1) is 5.92 Å². The third kappa shape index (κ3) is 8.99. The second-order valence-electron chi connectivity index (χ2n) is 9.13. The lowest BCUT2D eigenvalue weighted by Gasteiger charge is -2.19. The lowest BCUT2D eigenvalue weighted by molar-refractivity contribution is -0.117. The molecule has 0 fully saturated rings. The third-order valence-corrected chi connectivity index (χ3v) is 6.99. The Labute approximate surface area is 231 Å². The van der Waals surface area contributed by atoms with E-state index < -0.39 is 0 Å². The Hall–Kier alpha value is -4.12. The van der Waals surface area contributed by atoms with Gasteiger partial charge in [-0.15, -0.1) is 15.3 Å². The van der Waals surface area contributed by atoms with Crippen molar-refractivity contribution in [3.8, 4) is 0 Å².